The third-order valence-electron chi connectivity index (χ3n) is 4.56. The maximum absolute atomic E-state index is 7.57. The van der Waals surface area contributed by atoms with E-state index in [0.717, 1.165) is 6.42 Å². The van der Waals surface area contributed by atoms with E-state index in [1.165, 1.54) is 5.57 Å². The van der Waals surface area contributed by atoms with Crippen LogP contribution in [-0.2, 0) is 5.54 Å². The van der Waals surface area contributed by atoms with Crippen molar-refractivity contribution in [3.63, 3.8) is 0 Å². The van der Waals surface area contributed by atoms with Gasteiger partial charge in [0.15, 0.2) is 0 Å². The summed E-state index contributed by atoms with van der Waals surface area (Å²) in [7, 11) is 0. The summed E-state index contributed by atoms with van der Waals surface area (Å²) < 4.78 is 5.90. The van der Waals surface area contributed by atoms with Crippen LogP contribution in [0.3, 0.4) is 0 Å². The number of hydrogen-bond donors (Lipinski definition) is 3. The molecule has 4 atom stereocenters. The van der Waals surface area contributed by atoms with Gasteiger partial charge >= 0.3 is 0 Å². The second-order valence-corrected chi connectivity index (χ2v) is 7.13. The average Bonchev–Trinajstić information content (AvgIpc) is 2.97. The topological polar surface area (TPSA) is 101 Å². The van der Waals surface area contributed by atoms with E-state index in [9.17, 15) is 0 Å². The van der Waals surface area contributed by atoms with Crippen LogP contribution in [0, 0.1) is 11.3 Å². The number of nitrogens with two attached hydrogens (primary N) is 1. The molecule has 0 aliphatic heterocycles. The van der Waals surface area contributed by atoms with Gasteiger partial charge in [0.05, 0.1) is 11.6 Å². The van der Waals surface area contributed by atoms with E-state index in [1.54, 1.807) is 0 Å². The van der Waals surface area contributed by atoms with E-state index in [2.05, 4.69) is 40.7 Å². The monoisotopic (exact) mass is 331 g/mol. The molecule has 0 bridgehead atoms. The van der Waals surface area contributed by atoms with Crippen molar-refractivity contribution in [1.29, 1.82) is 5.41 Å². The Labute approximate surface area is 144 Å². The zero-order valence-corrected chi connectivity index (χ0v) is 15.3. The highest BCUT2D eigenvalue weighted by molar-refractivity contribution is 5.79. The molecule has 2 rings (SSSR count). The molecule has 0 amide bonds. The van der Waals surface area contributed by atoms with Crippen molar-refractivity contribution in [2.24, 2.45) is 11.7 Å². The smallest absolute Gasteiger partial charge is 0.236 e. The molecule has 6 nitrogen and oxygen atoms in total. The molecule has 6 heteroatoms. The molecule has 132 valence electrons. The van der Waals surface area contributed by atoms with Crippen molar-refractivity contribution in [3.8, 4) is 0 Å². The van der Waals surface area contributed by atoms with Gasteiger partial charge in [-0.25, -0.2) is 0 Å². The molecule has 1 aliphatic rings. The fraction of sp³-hybridized carbons (Fsp3) is 0.611. The number of hydrogen-bond acceptors (Lipinski definition) is 6. The summed E-state index contributed by atoms with van der Waals surface area (Å²) in [5, 5.41) is 19.3. The second-order valence-electron chi connectivity index (χ2n) is 7.13. The summed E-state index contributed by atoms with van der Waals surface area (Å²) in [5.41, 5.74) is 7.74. The fourth-order valence-corrected chi connectivity index (χ4v) is 3.25. The molecule has 0 aromatic carbocycles. The van der Waals surface area contributed by atoms with E-state index >= 15 is 0 Å². The molecule has 3 unspecified atom stereocenters. The van der Waals surface area contributed by atoms with Crippen LogP contribution in [0.1, 0.15) is 65.3 Å². The normalized spacial score (nSPS) is 22.6. The largest absolute Gasteiger partial charge is 0.422 e. The summed E-state index contributed by atoms with van der Waals surface area (Å²) in [4.78, 5) is 0. The third-order valence-corrected chi connectivity index (χ3v) is 4.56. The Kier molecular flexibility index (Phi) is 5.72. The van der Waals surface area contributed by atoms with Crippen LogP contribution in [0.15, 0.2) is 28.2 Å². The maximum Gasteiger partial charge on any atom is 0.236 e. The number of nitrogens with zero attached hydrogens (tertiary/aromatic N) is 2. The molecule has 4 N–H and O–H groups in total. The number of aromatic nitrogens is 2. The first-order valence-corrected chi connectivity index (χ1v) is 8.48. The van der Waals surface area contributed by atoms with Gasteiger partial charge in [-0.1, -0.05) is 23.8 Å². The molecule has 0 saturated heterocycles. The second kappa shape index (κ2) is 7.40. The summed E-state index contributed by atoms with van der Waals surface area (Å²) in [6, 6.07) is 0.0880. The highest BCUT2D eigenvalue weighted by Crippen LogP contribution is 2.36. The Morgan fingerprint density at radius 3 is 2.83 bits per heavy atom. The lowest BCUT2D eigenvalue weighted by Crippen LogP contribution is -2.42. The Morgan fingerprint density at radius 2 is 2.21 bits per heavy atom. The minimum Gasteiger partial charge on any atom is -0.422 e. The van der Waals surface area contributed by atoms with Gasteiger partial charge in [0.2, 0.25) is 11.8 Å². The van der Waals surface area contributed by atoms with Crippen LogP contribution >= 0.6 is 0 Å². The van der Waals surface area contributed by atoms with Crippen LogP contribution in [0.2, 0.25) is 0 Å². The first kappa shape index (κ1) is 18.5. The third kappa shape index (κ3) is 4.19. The predicted octanol–water partition coefficient (Wildman–Crippen LogP) is 3.23. The van der Waals surface area contributed by atoms with Crippen LogP contribution < -0.4 is 11.1 Å². The molecule has 1 aliphatic carbocycles. The zero-order valence-electron chi connectivity index (χ0n) is 15.3. The summed E-state index contributed by atoms with van der Waals surface area (Å²) in [5.74, 6) is 1.15. The van der Waals surface area contributed by atoms with Crippen LogP contribution in [0.25, 0.3) is 0 Å². The maximum atomic E-state index is 7.57. The Morgan fingerprint density at radius 1 is 1.50 bits per heavy atom. The van der Waals surface area contributed by atoms with Gasteiger partial charge in [-0.3, -0.25) is 0 Å². The molecule has 0 saturated carbocycles. The Hall–Kier alpha value is -1.79. The first-order chi connectivity index (χ1) is 11.2. The van der Waals surface area contributed by atoms with Gasteiger partial charge in [-0.05, 0) is 47.5 Å². The van der Waals surface area contributed by atoms with E-state index < -0.39 is 5.54 Å². The van der Waals surface area contributed by atoms with E-state index in [4.69, 9.17) is 15.6 Å². The molecule has 1 heterocycles. The summed E-state index contributed by atoms with van der Waals surface area (Å²) >= 11 is 0. The van der Waals surface area contributed by atoms with Gasteiger partial charge < -0.3 is 20.9 Å². The van der Waals surface area contributed by atoms with Gasteiger partial charge in [0.25, 0.3) is 0 Å². The summed E-state index contributed by atoms with van der Waals surface area (Å²) in [6.07, 6.45) is 7.82. The average molecular weight is 331 g/mol. The summed E-state index contributed by atoms with van der Waals surface area (Å²) in [6.45, 7) is 9.87. The molecule has 24 heavy (non-hydrogen) atoms. The van der Waals surface area contributed by atoms with Crippen molar-refractivity contribution in [1.82, 2.24) is 15.5 Å². The van der Waals surface area contributed by atoms with E-state index in [1.807, 2.05) is 27.7 Å². The van der Waals surface area contributed by atoms with Crippen LogP contribution in [0.5, 0.6) is 0 Å². The lowest BCUT2D eigenvalue weighted by atomic mass is 9.77. The van der Waals surface area contributed by atoms with Crippen molar-refractivity contribution in [2.75, 3.05) is 0 Å². The minimum absolute atomic E-state index is 0.0840. The predicted molar refractivity (Wildman–Crippen MR) is 95.9 cm³/mol. The highest BCUT2D eigenvalue weighted by atomic mass is 16.4. The quantitative estimate of drug-likeness (QED) is 0.666. The Balaban J connectivity index is 2.10. The van der Waals surface area contributed by atoms with Crippen LogP contribution in [0.4, 0.5) is 0 Å². The zero-order chi connectivity index (χ0) is 17.9. The minimum atomic E-state index is -0.701. The number of nitrogens with one attached hydrogen (secondary N) is 2. The Bertz CT molecular complexity index is 644. The SMILES string of the molecule is CC(=N)CC(C)NC(C)c1nnc([C@](C)(N)C2CC=CC=C2C)o1. The van der Waals surface area contributed by atoms with Gasteiger partial charge in [0.1, 0.15) is 0 Å². The lowest BCUT2D eigenvalue weighted by Gasteiger charge is -2.32. The standard InChI is InChI=1S/C18H29N5O/c1-11-8-6-7-9-15(11)18(5,20)17-23-22-16(24-17)14(4)21-13(3)10-12(2)19/h6-8,13-15,19,21H,9-10,20H2,1-5H3/t13?,14?,15?,18-/m1/s1. The van der Waals surface area contributed by atoms with Crippen molar-refractivity contribution < 1.29 is 4.42 Å². The number of allylic oxidation sites excluding steroid dienone is 3. The van der Waals surface area contributed by atoms with E-state index in [0.29, 0.717) is 23.9 Å². The van der Waals surface area contributed by atoms with Crippen molar-refractivity contribution in [3.05, 3.63) is 35.6 Å². The van der Waals surface area contributed by atoms with Gasteiger partial charge in [0, 0.05) is 17.7 Å². The molecule has 0 radical (unpaired) electrons. The molecule has 1 aromatic rings. The highest BCUT2D eigenvalue weighted by Gasteiger charge is 2.38. The van der Waals surface area contributed by atoms with Crippen molar-refractivity contribution >= 4 is 5.71 Å². The molecule has 0 spiro atoms. The van der Waals surface area contributed by atoms with Gasteiger partial charge in [-0.15, -0.1) is 10.2 Å². The lowest BCUT2D eigenvalue weighted by molar-refractivity contribution is 0.255. The van der Waals surface area contributed by atoms with Crippen LogP contribution in [-0.4, -0.2) is 22.0 Å². The van der Waals surface area contributed by atoms with Gasteiger partial charge in [-0.2, -0.15) is 0 Å². The molecule has 0 fully saturated rings. The van der Waals surface area contributed by atoms with E-state index in [-0.39, 0.29) is 18.0 Å². The number of rotatable bonds is 7. The fourth-order valence-electron chi connectivity index (χ4n) is 3.25. The van der Waals surface area contributed by atoms with Crippen molar-refractivity contribution in [2.45, 2.75) is 65.1 Å². The molecule has 1 aromatic heterocycles. The molecular formula is C18H29N5O. The first-order valence-electron chi connectivity index (χ1n) is 8.48. The molecular weight excluding hydrogens is 302 g/mol.